The smallest absolute Gasteiger partial charge is 0.330 e. The lowest BCUT2D eigenvalue weighted by atomic mass is 9.67. The molecule has 16 heavy (non-hydrogen) atoms. The van der Waals surface area contributed by atoms with Crippen molar-refractivity contribution in [3.63, 3.8) is 0 Å². The Morgan fingerprint density at radius 2 is 2.12 bits per heavy atom. The largest absolute Gasteiger partial charge is 0.395 e. The van der Waals surface area contributed by atoms with E-state index in [0.717, 1.165) is 36.3 Å². The van der Waals surface area contributed by atoms with Gasteiger partial charge in [0.05, 0.1) is 12.1 Å². The maximum Gasteiger partial charge on any atom is 0.395 e. The number of hydrogen-bond acceptors (Lipinski definition) is 3. The molecule has 2 rings (SSSR count). The van der Waals surface area contributed by atoms with Crippen LogP contribution in [0.5, 0.6) is 0 Å². The standard InChI is InChI=1S/C10H13F3N2S/c11-10(12,13)4-8-15-7(5-16-8)9(6-14)2-1-3-9/h5H,1-4,6,14H2. The predicted molar refractivity (Wildman–Crippen MR) is 56.5 cm³/mol. The zero-order chi connectivity index (χ0) is 11.8. The van der Waals surface area contributed by atoms with Gasteiger partial charge in [0.2, 0.25) is 0 Å². The quantitative estimate of drug-likeness (QED) is 0.895. The second-order valence-electron chi connectivity index (χ2n) is 4.26. The lowest BCUT2D eigenvalue weighted by Gasteiger charge is -2.39. The highest BCUT2D eigenvalue weighted by Gasteiger charge is 2.40. The lowest BCUT2D eigenvalue weighted by molar-refractivity contribution is -0.127. The van der Waals surface area contributed by atoms with Gasteiger partial charge in [-0.3, -0.25) is 0 Å². The number of thiazole rings is 1. The van der Waals surface area contributed by atoms with Crippen LogP contribution in [0.4, 0.5) is 13.2 Å². The summed E-state index contributed by atoms with van der Waals surface area (Å²) in [6.45, 7) is 0.474. The monoisotopic (exact) mass is 250 g/mol. The lowest BCUT2D eigenvalue weighted by Crippen LogP contribution is -2.41. The minimum absolute atomic E-state index is 0.139. The molecule has 0 radical (unpaired) electrons. The van der Waals surface area contributed by atoms with Gasteiger partial charge in [-0.15, -0.1) is 11.3 Å². The molecule has 1 aromatic heterocycles. The zero-order valence-corrected chi connectivity index (χ0v) is 9.50. The first-order chi connectivity index (χ1) is 7.45. The maximum atomic E-state index is 12.2. The van der Waals surface area contributed by atoms with Gasteiger partial charge in [-0.2, -0.15) is 13.2 Å². The summed E-state index contributed by atoms with van der Waals surface area (Å²) in [6.07, 6.45) is -2.14. The fourth-order valence-electron chi connectivity index (χ4n) is 1.98. The van der Waals surface area contributed by atoms with Gasteiger partial charge in [0, 0.05) is 17.3 Å². The van der Waals surface area contributed by atoms with Crippen LogP contribution in [0.25, 0.3) is 0 Å². The molecule has 0 saturated heterocycles. The Balaban J connectivity index is 2.13. The molecular weight excluding hydrogens is 237 g/mol. The van der Waals surface area contributed by atoms with E-state index < -0.39 is 12.6 Å². The van der Waals surface area contributed by atoms with Crippen LogP contribution in [0.2, 0.25) is 0 Å². The van der Waals surface area contributed by atoms with Crippen LogP contribution in [-0.4, -0.2) is 17.7 Å². The molecule has 0 aromatic carbocycles. The Morgan fingerprint density at radius 1 is 1.44 bits per heavy atom. The first-order valence-corrected chi connectivity index (χ1v) is 6.05. The predicted octanol–water partition coefficient (Wildman–Crippen LogP) is 2.63. The van der Waals surface area contributed by atoms with E-state index in [0.29, 0.717) is 6.54 Å². The minimum atomic E-state index is -4.18. The van der Waals surface area contributed by atoms with Gasteiger partial charge in [-0.05, 0) is 12.8 Å². The van der Waals surface area contributed by atoms with Crippen LogP contribution in [-0.2, 0) is 11.8 Å². The molecule has 1 aliphatic carbocycles. The first kappa shape index (κ1) is 11.9. The van der Waals surface area contributed by atoms with Gasteiger partial charge < -0.3 is 5.73 Å². The highest BCUT2D eigenvalue weighted by Crippen LogP contribution is 2.43. The summed E-state index contributed by atoms with van der Waals surface area (Å²) in [4.78, 5) is 4.08. The van der Waals surface area contributed by atoms with Gasteiger partial charge in [0.25, 0.3) is 0 Å². The second-order valence-corrected chi connectivity index (χ2v) is 5.20. The SMILES string of the molecule is NCC1(c2csc(CC(F)(F)F)n2)CCC1. The summed E-state index contributed by atoms with van der Waals surface area (Å²) in [5.41, 5.74) is 6.30. The minimum Gasteiger partial charge on any atom is -0.330 e. The average Bonchev–Trinajstić information content (AvgIpc) is 2.49. The molecular formula is C10H13F3N2S. The summed E-state index contributed by atoms with van der Waals surface area (Å²) in [5.74, 6) is 0. The van der Waals surface area contributed by atoms with Crippen molar-refractivity contribution < 1.29 is 13.2 Å². The molecule has 1 heterocycles. The van der Waals surface area contributed by atoms with Crippen LogP contribution in [0.3, 0.4) is 0 Å². The molecule has 2 nitrogen and oxygen atoms in total. The van der Waals surface area contributed by atoms with E-state index in [2.05, 4.69) is 4.98 Å². The van der Waals surface area contributed by atoms with Crippen molar-refractivity contribution in [2.75, 3.05) is 6.54 Å². The van der Waals surface area contributed by atoms with E-state index in [1.165, 1.54) is 0 Å². The topological polar surface area (TPSA) is 38.9 Å². The van der Waals surface area contributed by atoms with E-state index in [9.17, 15) is 13.2 Å². The maximum absolute atomic E-state index is 12.2. The van der Waals surface area contributed by atoms with Crippen molar-refractivity contribution in [1.29, 1.82) is 0 Å². The Kier molecular flexibility index (Phi) is 2.96. The molecule has 0 bridgehead atoms. The van der Waals surface area contributed by atoms with Crippen LogP contribution < -0.4 is 5.73 Å². The third-order valence-corrected chi connectivity index (χ3v) is 4.00. The van der Waals surface area contributed by atoms with Crippen LogP contribution >= 0.6 is 11.3 Å². The molecule has 1 aromatic rings. The Morgan fingerprint density at radius 3 is 2.56 bits per heavy atom. The summed E-state index contributed by atoms with van der Waals surface area (Å²) < 4.78 is 36.5. The van der Waals surface area contributed by atoms with E-state index in [1.54, 1.807) is 5.38 Å². The van der Waals surface area contributed by atoms with Crippen molar-refractivity contribution in [3.05, 3.63) is 16.1 Å². The third-order valence-electron chi connectivity index (χ3n) is 3.15. The van der Waals surface area contributed by atoms with Crippen molar-refractivity contribution in [2.24, 2.45) is 5.73 Å². The Hall–Kier alpha value is -0.620. The second kappa shape index (κ2) is 4.00. The zero-order valence-electron chi connectivity index (χ0n) is 8.68. The number of aromatic nitrogens is 1. The van der Waals surface area contributed by atoms with E-state index >= 15 is 0 Å². The van der Waals surface area contributed by atoms with E-state index in [-0.39, 0.29) is 10.4 Å². The van der Waals surface area contributed by atoms with Gasteiger partial charge in [0.1, 0.15) is 5.01 Å². The third kappa shape index (κ3) is 2.22. The number of alkyl halides is 3. The van der Waals surface area contributed by atoms with E-state index in [4.69, 9.17) is 5.73 Å². The van der Waals surface area contributed by atoms with Gasteiger partial charge in [-0.1, -0.05) is 6.42 Å². The molecule has 0 unspecified atom stereocenters. The van der Waals surface area contributed by atoms with Gasteiger partial charge in [0.15, 0.2) is 0 Å². The molecule has 90 valence electrons. The van der Waals surface area contributed by atoms with Crippen molar-refractivity contribution in [2.45, 2.75) is 37.3 Å². The van der Waals surface area contributed by atoms with Crippen LogP contribution in [0, 0.1) is 0 Å². The number of halogens is 3. The molecule has 1 fully saturated rings. The van der Waals surface area contributed by atoms with Crippen molar-refractivity contribution in [3.8, 4) is 0 Å². The Labute approximate surface area is 95.7 Å². The van der Waals surface area contributed by atoms with Crippen molar-refractivity contribution in [1.82, 2.24) is 4.98 Å². The normalized spacial score (nSPS) is 19.5. The molecule has 1 saturated carbocycles. The molecule has 0 atom stereocenters. The number of rotatable bonds is 3. The first-order valence-electron chi connectivity index (χ1n) is 5.17. The molecule has 0 amide bonds. The van der Waals surface area contributed by atoms with E-state index in [1.807, 2.05) is 0 Å². The number of nitrogens with two attached hydrogens (primary N) is 1. The van der Waals surface area contributed by atoms with Crippen molar-refractivity contribution >= 4 is 11.3 Å². The summed E-state index contributed by atoms with van der Waals surface area (Å²) in [6, 6.07) is 0. The highest BCUT2D eigenvalue weighted by molar-refractivity contribution is 7.09. The Bertz CT molecular complexity index is 363. The number of nitrogens with zero attached hydrogens (tertiary/aromatic N) is 1. The summed E-state index contributed by atoms with van der Waals surface area (Å²) in [7, 11) is 0. The van der Waals surface area contributed by atoms with Gasteiger partial charge >= 0.3 is 6.18 Å². The van der Waals surface area contributed by atoms with Crippen LogP contribution in [0.15, 0.2) is 5.38 Å². The summed E-state index contributed by atoms with van der Waals surface area (Å²) >= 11 is 1.08. The molecule has 0 spiro atoms. The molecule has 0 aliphatic heterocycles. The fourth-order valence-corrected chi connectivity index (χ4v) is 2.92. The fraction of sp³-hybridized carbons (Fsp3) is 0.700. The average molecular weight is 250 g/mol. The number of hydrogen-bond donors (Lipinski definition) is 1. The molecule has 2 N–H and O–H groups in total. The molecule has 1 aliphatic rings. The van der Waals surface area contributed by atoms with Gasteiger partial charge in [-0.25, -0.2) is 4.98 Å². The molecule has 6 heteroatoms. The highest BCUT2D eigenvalue weighted by atomic mass is 32.1. The summed E-state index contributed by atoms with van der Waals surface area (Å²) in [5, 5.41) is 1.87. The van der Waals surface area contributed by atoms with Crippen LogP contribution in [0.1, 0.15) is 30.0 Å².